The quantitative estimate of drug-likeness (QED) is 0.482. The summed E-state index contributed by atoms with van der Waals surface area (Å²) in [6, 6.07) is 11.4. The first kappa shape index (κ1) is 17.1. The second-order valence-corrected chi connectivity index (χ2v) is 5.32. The standard InChI is InChI=1S/C17H17N3O4/c1-11-6-7-15(16(8-11)20(23)24)19-17(22)10-18-14-5-3-4-13(9-14)12(2)21/h3-9,18H,10H2,1-2H3,(H,19,22). The van der Waals surface area contributed by atoms with Gasteiger partial charge >= 0.3 is 0 Å². The average Bonchev–Trinajstić information content (AvgIpc) is 2.54. The van der Waals surface area contributed by atoms with Gasteiger partial charge in [0, 0.05) is 17.3 Å². The van der Waals surface area contributed by atoms with Crippen molar-refractivity contribution < 1.29 is 14.5 Å². The SMILES string of the molecule is CC(=O)c1cccc(NCC(=O)Nc2ccc(C)cc2[N+](=O)[O-])c1. The Morgan fingerprint density at radius 3 is 2.58 bits per heavy atom. The number of amides is 1. The van der Waals surface area contributed by atoms with Crippen molar-refractivity contribution in [2.24, 2.45) is 0 Å². The number of hydrogen-bond acceptors (Lipinski definition) is 5. The van der Waals surface area contributed by atoms with Gasteiger partial charge in [0.15, 0.2) is 5.78 Å². The van der Waals surface area contributed by atoms with Crippen LogP contribution in [-0.2, 0) is 4.79 Å². The van der Waals surface area contributed by atoms with E-state index in [0.717, 1.165) is 5.56 Å². The molecule has 0 aliphatic rings. The third-order valence-electron chi connectivity index (χ3n) is 3.35. The van der Waals surface area contributed by atoms with Crippen molar-refractivity contribution in [1.29, 1.82) is 0 Å². The summed E-state index contributed by atoms with van der Waals surface area (Å²) in [5.74, 6) is -0.492. The lowest BCUT2D eigenvalue weighted by atomic mass is 10.1. The molecule has 124 valence electrons. The minimum Gasteiger partial charge on any atom is -0.376 e. The van der Waals surface area contributed by atoms with Crippen LogP contribution in [0.4, 0.5) is 17.1 Å². The predicted molar refractivity (Wildman–Crippen MR) is 91.4 cm³/mol. The normalized spacial score (nSPS) is 10.1. The van der Waals surface area contributed by atoms with Crippen LogP contribution in [0.5, 0.6) is 0 Å². The summed E-state index contributed by atoms with van der Waals surface area (Å²) in [6.07, 6.45) is 0. The molecular formula is C17H17N3O4. The highest BCUT2D eigenvalue weighted by Crippen LogP contribution is 2.25. The van der Waals surface area contributed by atoms with Gasteiger partial charge in [0.05, 0.1) is 11.5 Å². The summed E-state index contributed by atoms with van der Waals surface area (Å²) >= 11 is 0. The summed E-state index contributed by atoms with van der Waals surface area (Å²) in [6.45, 7) is 3.12. The van der Waals surface area contributed by atoms with Gasteiger partial charge in [-0.2, -0.15) is 0 Å². The topological polar surface area (TPSA) is 101 Å². The van der Waals surface area contributed by atoms with Crippen molar-refractivity contribution in [3.05, 3.63) is 63.7 Å². The molecule has 0 saturated heterocycles. The first-order chi connectivity index (χ1) is 11.4. The summed E-state index contributed by atoms with van der Waals surface area (Å²) < 4.78 is 0. The molecule has 1 amide bonds. The number of aryl methyl sites for hydroxylation is 1. The summed E-state index contributed by atoms with van der Waals surface area (Å²) in [5.41, 5.74) is 1.89. The molecule has 0 atom stereocenters. The highest BCUT2D eigenvalue weighted by atomic mass is 16.6. The molecule has 2 N–H and O–H groups in total. The molecular weight excluding hydrogens is 310 g/mol. The van der Waals surface area contributed by atoms with E-state index in [-0.39, 0.29) is 23.7 Å². The fourth-order valence-corrected chi connectivity index (χ4v) is 2.12. The van der Waals surface area contributed by atoms with Gasteiger partial charge in [0.25, 0.3) is 5.69 Å². The number of carbonyl (C=O) groups is 2. The van der Waals surface area contributed by atoms with E-state index in [0.29, 0.717) is 11.3 Å². The van der Waals surface area contributed by atoms with E-state index < -0.39 is 10.8 Å². The van der Waals surface area contributed by atoms with Gasteiger partial charge in [-0.1, -0.05) is 18.2 Å². The van der Waals surface area contributed by atoms with E-state index >= 15 is 0 Å². The smallest absolute Gasteiger partial charge is 0.293 e. The van der Waals surface area contributed by atoms with Crippen LogP contribution in [0.3, 0.4) is 0 Å². The zero-order valence-electron chi connectivity index (χ0n) is 13.3. The monoisotopic (exact) mass is 327 g/mol. The molecule has 7 nitrogen and oxygen atoms in total. The minimum absolute atomic E-state index is 0.0709. The minimum atomic E-state index is -0.535. The Kier molecular flexibility index (Phi) is 5.26. The second-order valence-electron chi connectivity index (χ2n) is 5.32. The highest BCUT2D eigenvalue weighted by Gasteiger charge is 2.15. The number of anilines is 2. The maximum atomic E-state index is 12.0. The number of nitro groups is 1. The number of benzene rings is 2. The van der Waals surface area contributed by atoms with Crippen LogP contribution in [0.15, 0.2) is 42.5 Å². The molecule has 0 fully saturated rings. The van der Waals surface area contributed by atoms with Crippen molar-refractivity contribution >= 4 is 28.8 Å². The van der Waals surface area contributed by atoms with Crippen molar-refractivity contribution in [3.8, 4) is 0 Å². The lowest BCUT2D eigenvalue weighted by molar-refractivity contribution is -0.384. The van der Waals surface area contributed by atoms with Crippen molar-refractivity contribution in [2.75, 3.05) is 17.2 Å². The average molecular weight is 327 g/mol. The molecule has 2 rings (SSSR count). The van der Waals surface area contributed by atoms with Crippen LogP contribution in [0, 0.1) is 17.0 Å². The Balaban J connectivity index is 2.03. The van der Waals surface area contributed by atoms with Gasteiger partial charge in [0.2, 0.25) is 5.91 Å². The molecule has 24 heavy (non-hydrogen) atoms. The van der Waals surface area contributed by atoms with E-state index in [1.807, 2.05) is 0 Å². The molecule has 0 heterocycles. The summed E-state index contributed by atoms with van der Waals surface area (Å²) in [5, 5.41) is 16.4. The zero-order chi connectivity index (χ0) is 17.7. The fourth-order valence-electron chi connectivity index (χ4n) is 2.12. The van der Waals surface area contributed by atoms with E-state index in [4.69, 9.17) is 0 Å². The molecule has 7 heteroatoms. The highest BCUT2D eigenvalue weighted by molar-refractivity contribution is 5.97. The Morgan fingerprint density at radius 2 is 1.92 bits per heavy atom. The number of nitro benzene ring substituents is 1. The summed E-state index contributed by atoms with van der Waals surface area (Å²) in [7, 11) is 0. The second kappa shape index (κ2) is 7.36. The van der Waals surface area contributed by atoms with Crippen LogP contribution < -0.4 is 10.6 Å². The largest absolute Gasteiger partial charge is 0.376 e. The lowest BCUT2D eigenvalue weighted by Crippen LogP contribution is -2.22. The fraction of sp³-hybridized carbons (Fsp3) is 0.176. The Morgan fingerprint density at radius 1 is 1.17 bits per heavy atom. The van der Waals surface area contributed by atoms with Gasteiger partial charge in [-0.3, -0.25) is 19.7 Å². The van der Waals surface area contributed by atoms with Crippen LogP contribution in [0.2, 0.25) is 0 Å². The molecule has 2 aromatic carbocycles. The van der Waals surface area contributed by atoms with Crippen LogP contribution in [0.1, 0.15) is 22.8 Å². The molecule has 0 aliphatic heterocycles. The van der Waals surface area contributed by atoms with Crippen LogP contribution >= 0.6 is 0 Å². The summed E-state index contributed by atoms with van der Waals surface area (Å²) in [4.78, 5) is 33.8. The van der Waals surface area contributed by atoms with Crippen LogP contribution in [-0.4, -0.2) is 23.2 Å². The molecule has 0 unspecified atom stereocenters. The molecule has 0 spiro atoms. The molecule has 0 bridgehead atoms. The first-order valence-corrected chi connectivity index (χ1v) is 7.26. The number of Topliss-reactive ketones (excluding diaryl/α,β-unsaturated/α-hetero) is 1. The van der Waals surface area contributed by atoms with Crippen molar-refractivity contribution in [3.63, 3.8) is 0 Å². The number of nitrogens with zero attached hydrogens (tertiary/aromatic N) is 1. The van der Waals surface area contributed by atoms with Crippen molar-refractivity contribution in [1.82, 2.24) is 0 Å². The number of carbonyl (C=O) groups excluding carboxylic acids is 2. The Labute approximate surface area is 138 Å². The third-order valence-corrected chi connectivity index (χ3v) is 3.35. The first-order valence-electron chi connectivity index (χ1n) is 7.26. The zero-order valence-corrected chi connectivity index (χ0v) is 13.3. The molecule has 0 radical (unpaired) electrons. The van der Waals surface area contributed by atoms with Gasteiger partial charge in [-0.25, -0.2) is 0 Å². The van der Waals surface area contributed by atoms with Gasteiger partial charge < -0.3 is 10.6 Å². The van der Waals surface area contributed by atoms with Gasteiger partial charge in [-0.15, -0.1) is 0 Å². The van der Waals surface area contributed by atoms with E-state index in [9.17, 15) is 19.7 Å². The molecule has 2 aromatic rings. The number of hydrogen-bond donors (Lipinski definition) is 2. The number of rotatable bonds is 6. The van der Waals surface area contributed by atoms with Gasteiger partial charge in [0.1, 0.15) is 5.69 Å². The number of ketones is 1. The molecule has 0 aromatic heterocycles. The Bertz CT molecular complexity index is 802. The van der Waals surface area contributed by atoms with E-state index in [2.05, 4.69) is 10.6 Å². The van der Waals surface area contributed by atoms with E-state index in [1.54, 1.807) is 37.3 Å². The molecule has 0 aliphatic carbocycles. The lowest BCUT2D eigenvalue weighted by Gasteiger charge is -2.09. The Hall–Kier alpha value is -3.22. The van der Waals surface area contributed by atoms with Crippen molar-refractivity contribution in [2.45, 2.75) is 13.8 Å². The predicted octanol–water partition coefficient (Wildman–Crippen LogP) is 3.16. The van der Waals surface area contributed by atoms with Crippen LogP contribution in [0.25, 0.3) is 0 Å². The maximum Gasteiger partial charge on any atom is 0.293 e. The van der Waals surface area contributed by atoms with Gasteiger partial charge in [-0.05, 0) is 37.6 Å². The number of nitrogens with one attached hydrogen (secondary N) is 2. The third kappa shape index (κ3) is 4.39. The maximum absolute atomic E-state index is 12.0. The molecule has 0 saturated carbocycles. The van der Waals surface area contributed by atoms with E-state index in [1.165, 1.54) is 19.1 Å².